The van der Waals surface area contributed by atoms with Crippen LogP contribution in [0.1, 0.15) is 30.6 Å². The van der Waals surface area contributed by atoms with Crippen molar-refractivity contribution >= 4 is 57.2 Å². The van der Waals surface area contributed by atoms with Crippen molar-refractivity contribution in [3.63, 3.8) is 0 Å². The first-order chi connectivity index (χ1) is 15.7. The summed E-state index contributed by atoms with van der Waals surface area (Å²) in [7, 11) is 0. The van der Waals surface area contributed by atoms with Crippen LogP contribution in [0.15, 0.2) is 42.5 Å². The van der Waals surface area contributed by atoms with E-state index in [4.69, 9.17) is 23.2 Å². The predicted octanol–water partition coefficient (Wildman–Crippen LogP) is 5.20. The van der Waals surface area contributed by atoms with Gasteiger partial charge in [-0.05, 0) is 24.1 Å². The quantitative estimate of drug-likeness (QED) is 0.318. The number of non-ortho nitro benzene ring substituents is 1. The fourth-order valence-electron chi connectivity index (χ4n) is 2.89. The summed E-state index contributed by atoms with van der Waals surface area (Å²) in [6.45, 7) is 3.71. The number of nitrogens with zero attached hydrogens (tertiary/aromatic N) is 3. The molecular formula is C21H19Cl2N5O4S. The molecule has 0 aliphatic rings. The summed E-state index contributed by atoms with van der Waals surface area (Å²) in [6, 6.07) is 9.69. The molecule has 0 spiro atoms. The van der Waals surface area contributed by atoms with E-state index in [0.29, 0.717) is 16.5 Å². The van der Waals surface area contributed by atoms with E-state index in [1.807, 2.05) is 13.8 Å². The van der Waals surface area contributed by atoms with Crippen molar-refractivity contribution in [2.45, 2.75) is 26.3 Å². The first-order valence-electron chi connectivity index (χ1n) is 9.84. The third-order valence-electron chi connectivity index (χ3n) is 4.94. The molecule has 0 saturated heterocycles. The lowest BCUT2D eigenvalue weighted by atomic mass is 9.98. The molecule has 0 radical (unpaired) electrons. The van der Waals surface area contributed by atoms with E-state index in [-0.39, 0.29) is 27.3 Å². The lowest BCUT2D eigenvalue weighted by Crippen LogP contribution is -2.47. The zero-order valence-corrected chi connectivity index (χ0v) is 19.9. The van der Waals surface area contributed by atoms with Crippen molar-refractivity contribution in [3.05, 3.63) is 68.2 Å². The zero-order chi connectivity index (χ0) is 24.1. The third-order valence-corrected chi connectivity index (χ3v) is 6.39. The number of carbonyl (C=O) groups is 2. The Bertz CT molecular complexity index is 1190. The fourth-order valence-corrected chi connectivity index (χ4v) is 4.03. The molecule has 2 atom stereocenters. The van der Waals surface area contributed by atoms with Gasteiger partial charge >= 0.3 is 0 Å². The van der Waals surface area contributed by atoms with Crippen LogP contribution in [-0.4, -0.2) is 33.0 Å². The van der Waals surface area contributed by atoms with E-state index in [9.17, 15) is 19.7 Å². The summed E-state index contributed by atoms with van der Waals surface area (Å²) in [5.74, 6) is -1.29. The Morgan fingerprint density at radius 2 is 1.85 bits per heavy atom. The molecule has 3 rings (SSSR count). The van der Waals surface area contributed by atoms with E-state index in [1.165, 1.54) is 23.5 Å². The Hall–Kier alpha value is -3.08. The lowest BCUT2D eigenvalue weighted by molar-refractivity contribution is -0.384. The van der Waals surface area contributed by atoms with Crippen LogP contribution in [0.25, 0.3) is 10.6 Å². The van der Waals surface area contributed by atoms with Crippen molar-refractivity contribution in [3.8, 4) is 10.6 Å². The Labute approximate surface area is 203 Å². The minimum Gasteiger partial charge on any atom is -0.340 e. The number of nitro benzene ring substituents is 1. The molecule has 2 amide bonds. The summed E-state index contributed by atoms with van der Waals surface area (Å²) in [6.07, 6.45) is 0.610. The Balaban J connectivity index is 1.75. The highest BCUT2D eigenvalue weighted by Crippen LogP contribution is 2.28. The van der Waals surface area contributed by atoms with E-state index in [0.717, 1.165) is 11.6 Å². The molecular weight excluding hydrogens is 489 g/mol. The monoisotopic (exact) mass is 507 g/mol. The zero-order valence-electron chi connectivity index (χ0n) is 17.5. The molecule has 3 aromatic rings. The van der Waals surface area contributed by atoms with Gasteiger partial charge in [-0.25, -0.2) is 0 Å². The smallest absolute Gasteiger partial charge is 0.270 e. The molecule has 172 valence electrons. The summed E-state index contributed by atoms with van der Waals surface area (Å²) >= 11 is 13.1. The van der Waals surface area contributed by atoms with Crippen LogP contribution in [0.4, 0.5) is 10.8 Å². The Kier molecular flexibility index (Phi) is 7.96. The minimum absolute atomic E-state index is 0.0318. The highest BCUT2D eigenvalue weighted by Gasteiger charge is 2.28. The Morgan fingerprint density at radius 1 is 1.15 bits per heavy atom. The number of halogens is 2. The van der Waals surface area contributed by atoms with Crippen molar-refractivity contribution in [2.75, 3.05) is 5.32 Å². The summed E-state index contributed by atoms with van der Waals surface area (Å²) in [5.41, 5.74) is 0.599. The highest BCUT2D eigenvalue weighted by molar-refractivity contribution is 7.18. The molecule has 0 saturated carbocycles. The molecule has 1 aromatic heterocycles. The Morgan fingerprint density at radius 3 is 2.45 bits per heavy atom. The first kappa shape index (κ1) is 24.6. The first-order valence-corrected chi connectivity index (χ1v) is 11.4. The summed E-state index contributed by atoms with van der Waals surface area (Å²) < 4.78 is 0. The van der Waals surface area contributed by atoms with Gasteiger partial charge in [-0.3, -0.25) is 25.0 Å². The van der Waals surface area contributed by atoms with Gasteiger partial charge in [0.1, 0.15) is 11.0 Å². The maximum absolute atomic E-state index is 13.0. The number of hydrogen-bond acceptors (Lipinski definition) is 7. The number of nitro groups is 1. The highest BCUT2D eigenvalue weighted by atomic mass is 35.5. The molecule has 2 N–H and O–H groups in total. The van der Waals surface area contributed by atoms with Crippen molar-refractivity contribution in [1.82, 2.24) is 15.5 Å². The second kappa shape index (κ2) is 10.7. The van der Waals surface area contributed by atoms with Crippen molar-refractivity contribution in [1.29, 1.82) is 0 Å². The molecule has 2 unspecified atom stereocenters. The normalized spacial score (nSPS) is 12.6. The van der Waals surface area contributed by atoms with Gasteiger partial charge in [0.15, 0.2) is 0 Å². The standard InChI is InChI=1S/C21H19Cl2N5O4S/c1-3-11(2)17(24-18(29)15-9-8-14(28(31)32)10-16(15)23)19(30)25-21-27-26-20(33-21)12-4-6-13(22)7-5-12/h4-11,17H,3H2,1-2H3,(H,24,29)(H,25,27,30). The van der Waals surface area contributed by atoms with Crippen molar-refractivity contribution < 1.29 is 14.5 Å². The van der Waals surface area contributed by atoms with Gasteiger partial charge in [0.05, 0.1) is 15.5 Å². The van der Waals surface area contributed by atoms with Gasteiger partial charge in [-0.2, -0.15) is 0 Å². The van der Waals surface area contributed by atoms with Gasteiger partial charge in [-0.1, -0.05) is 66.9 Å². The molecule has 2 aromatic carbocycles. The van der Waals surface area contributed by atoms with E-state index >= 15 is 0 Å². The van der Waals surface area contributed by atoms with E-state index < -0.39 is 22.8 Å². The number of aromatic nitrogens is 2. The number of anilines is 1. The van der Waals surface area contributed by atoms with Crippen molar-refractivity contribution in [2.24, 2.45) is 5.92 Å². The number of benzene rings is 2. The number of carbonyl (C=O) groups excluding carboxylic acids is 2. The molecule has 12 heteroatoms. The molecule has 0 aliphatic carbocycles. The third kappa shape index (κ3) is 6.04. The average Bonchev–Trinajstić information content (AvgIpc) is 3.25. The van der Waals surface area contributed by atoms with Gasteiger partial charge in [0.25, 0.3) is 11.6 Å². The summed E-state index contributed by atoms with van der Waals surface area (Å²) in [4.78, 5) is 36.0. The van der Waals surface area contributed by atoms with Crippen LogP contribution < -0.4 is 10.6 Å². The van der Waals surface area contributed by atoms with Gasteiger partial charge in [-0.15, -0.1) is 10.2 Å². The van der Waals surface area contributed by atoms with E-state index in [1.54, 1.807) is 24.3 Å². The topological polar surface area (TPSA) is 127 Å². The second-order valence-electron chi connectivity index (χ2n) is 7.17. The van der Waals surface area contributed by atoms with E-state index in [2.05, 4.69) is 20.8 Å². The number of amides is 2. The van der Waals surface area contributed by atoms with Crippen LogP contribution in [0.3, 0.4) is 0 Å². The number of rotatable bonds is 8. The van der Waals surface area contributed by atoms with Crippen LogP contribution >= 0.6 is 34.5 Å². The molecule has 1 heterocycles. The molecule has 9 nitrogen and oxygen atoms in total. The predicted molar refractivity (Wildman–Crippen MR) is 128 cm³/mol. The number of hydrogen-bond donors (Lipinski definition) is 2. The molecule has 33 heavy (non-hydrogen) atoms. The van der Waals surface area contributed by atoms with Crippen LogP contribution in [0, 0.1) is 16.0 Å². The average molecular weight is 508 g/mol. The second-order valence-corrected chi connectivity index (χ2v) is 8.99. The van der Waals surface area contributed by atoms with Crippen LogP contribution in [-0.2, 0) is 4.79 Å². The maximum atomic E-state index is 13.0. The number of nitrogens with one attached hydrogen (secondary N) is 2. The SMILES string of the molecule is CCC(C)C(NC(=O)c1ccc([N+](=O)[O-])cc1Cl)C(=O)Nc1nnc(-c2ccc(Cl)cc2)s1. The molecule has 0 fully saturated rings. The van der Waals surface area contributed by atoms with Gasteiger partial charge in [0, 0.05) is 22.7 Å². The van der Waals surface area contributed by atoms with Gasteiger partial charge < -0.3 is 5.32 Å². The lowest BCUT2D eigenvalue weighted by Gasteiger charge is -2.23. The van der Waals surface area contributed by atoms with Crippen LogP contribution in [0.2, 0.25) is 10.0 Å². The largest absolute Gasteiger partial charge is 0.340 e. The summed E-state index contributed by atoms with van der Waals surface area (Å²) in [5, 5.41) is 25.7. The van der Waals surface area contributed by atoms with Crippen LogP contribution in [0.5, 0.6) is 0 Å². The molecule has 0 aliphatic heterocycles. The maximum Gasteiger partial charge on any atom is 0.270 e. The minimum atomic E-state index is -0.892. The molecule has 0 bridgehead atoms. The van der Waals surface area contributed by atoms with Gasteiger partial charge in [0.2, 0.25) is 11.0 Å². The fraction of sp³-hybridized carbons (Fsp3) is 0.238.